The normalized spacial score (nSPS) is 31.3. The molecule has 1 aliphatic heterocycles. The monoisotopic (exact) mass is 302 g/mol. The van der Waals surface area contributed by atoms with E-state index < -0.39 is 11.8 Å². The molecule has 3 heterocycles. The lowest BCUT2D eigenvalue weighted by atomic mass is 9.84. The van der Waals surface area contributed by atoms with Crippen LogP contribution in [0.2, 0.25) is 0 Å². The average Bonchev–Trinajstić information content (AvgIpc) is 3.02. The largest absolute Gasteiger partial charge is 0.382 e. The second-order valence-electron chi connectivity index (χ2n) is 5.72. The molecule has 0 spiro atoms. The zero-order valence-corrected chi connectivity index (χ0v) is 12.7. The van der Waals surface area contributed by atoms with Crippen LogP contribution in [0.5, 0.6) is 0 Å². The fourth-order valence-electron chi connectivity index (χ4n) is 3.10. The lowest BCUT2D eigenvalue weighted by Gasteiger charge is -2.29. The molecule has 1 fully saturated rings. The summed E-state index contributed by atoms with van der Waals surface area (Å²) in [4.78, 5) is 15.5. The Morgan fingerprint density at radius 3 is 2.95 bits per heavy atom. The molecule has 2 N–H and O–H groups in total. The van der Waals surface area contributed by atoms with Gasteiger partial charge in [0.25, 0.3) is 0 Å². The molecule has 116 valence electrons. The minimum absolute atomic E-state index is 0.00265. The van der Waals surface area contributed by atoms with Gasteiger partial charge in [-0.15, -0.1) is 0 Å². The van der Waals surface area contributed by atoms with Gasteiger partial charge in [-0.05, 0) is 24.8 Å². The molecule has 2 aromatic rings. The lowest BCUT2D eigenvalue weighted by Crippen LogP contribution is -2.35. The van der Waals surface area contributed by atoms with Crippen molar-refractivity contribution < 1.29 is 4.74 Å². The average molecular weight is 302 g/mol. The van der Waals surface area contributed by atoms with Crippen molar-refractivity contribution in [2.45, 2.75) is 45.1 Å². The first-order valence-electron chi connectivity index (χ1n) is 7.17. The van der Waals surface area contributed by atoms with E-state index in [-0.39, 0.29) is 12.0 Å². The van der Waals surface area contributed by atoms with Crippen molar-refractivity contribution in [2.75, 3.05) is 5.73 Å². The van der Waals surface area contributed by atoms with Crippen LogP contribution in [0.1, 0.15) is 33.4 Å². The molecule has 0 radical (unpaired) electrons. The van der Waals surface area contributed by atoms with Gasteiger partial charge in [0.2, 0.25) is 0 Å². The zero-order valence-electron chi connectivity index (χ0n) is 12.7. The number of azide groups is 1. The van der Waals surface area contributed by atoms with E-state index in [4.69, 9.17) is 16.0 Å². The fourth-order valence-corrected chi connectivity index (χ4v) is 3.10. The van der Waals surface area contributed by atoms with E-state index >= 15 is 0 Å². The van der Waals surface area contributed by atoms with Crippen molar-refractivity contribution >= 4 is 17.0 Å². The number of aromatic nitrogens is 4. The number of anilines is 1. The standard InChI is InChI=1S/C13H18N8O/c1-4-8-7(2)13(3,19-20-15)12(22-8)21-6-18-9-10(14)16-5-17-11(9)21/h5-8,12H,4H2,1-3H3,(H2,14,16,17)/t7-,8-,12?,13-/m1/s1. The molecule has 4 atom stereocenters. The van der Waals surface area contributed by atoms with E-state index in [1.165, 1.54) is 6.33 Å². The Bertz CT molecular complexity index is 752. The number of ether oxygens (including phenoxy) is 1. The summed E-state index contributed by atoms with van der Waals surface area (Å²) in [6.07, 6.45) is 3.34. The first-order valence-corrected chi connectivity index (χ1v) is 7.17. The smallest absolute Gasteiger partial charge is 0.167 e. The predicted octanol–water partition coefficient (Wildman–Crippen LogP) is 2.42. The Balaban J connectivity index is 2.16. The van der Waals surface area contributed by atoms with Gasteiger partial charge in [0, 0.05) is 4.91 Å². The van der Waals surface area contributed by atoms with Gasteiger partial charge in [-0.2, -0.15) is 0 Å². The topological polar surface area (TPSA) is 128 Å². The highest BCUT2D eigenvalue weighted by molar-refractivity contribution is 5.81. The van der Waals surface area contributed by atoms with Crippen LogP contribution < -0.4 is 5.73 Å². The minimum Gasteiger partial charge on any atom is -0.382 e. The second-order valence-corrected chi connectivity index (χ2v) is 5.72. The summed E-state index contributed by atoms with van der Waals surface area (Å²) in [5.41, 5.74) is 15.2. The minimum atomic E-state index is -0.733. The third-order valence-electron chi connectivity index (χ3n) is 4.59. The summed E-state index contributed by atoms with van der Waals surface area (Å²) < 4.78 is 7.91. The molecule has 0 aliphatic carbocycles. The molecule has 9 nitrogen and oxygen atoms in total. The number of fused-ring (bicyclic) bond motifs is 1. The summed E-state index contributed by atoms with van der Waals surface area (Å²) in [6, 6.07) is 0. The molecule has 0 bridgehead atoms. The quantitative estimate of drug-likeness (QED) is 0.529. The number of hydrogen-bond donors (Lipinski definition) is 1. The Morgan fingerprint density at radius 2 is 2.27 bits per heavy atom. The van der Waals surface area contributed by atoms with Crippen LogP contribution in [-0.4, -0.2) is 31.2 Å². The van der Waals surface area contributed by atoms with E-state index in [0.717, 1.165) is 6.42 Å². The number of hydrogen-bond acceptors (Lipinski definition) is 6. The number of nitrogens with two attached hydrogens (primary N) is 1. The Hall–Kier alpha value is -2.38. The van der Waals surface area contributed by atoms with Crippen molar-refractivity contribution in [1.82, 2.24) is 19.5 Å². The zero-order chi connectivity index (χ0) is 15.9. The van der Waals surface area contributed by atoms with Gasteiger partial charge < -0.3 is 10.5 Å². The van der Waals surface area contributed by atoms with Crippen LogP contribution in [0.4, 0.5) is 5.82 Å². The van der Waals surface area contributed by atoms with Gasteiger partial charge in [-0.3, -0.25) is 4.57 Å². The molecule has 22 heavy (non-hydrogen) atoms. The van der Waals surface area contributed by atoms with Crippen LogP contribution in [0.15, 0.2) is 17.8 Å². The van der Waals surface area contributed by atoms with E-state index in [2.05, 4.69) is 25.0 Å². The first kappa shape index (κ1) is 14.6. The SMILES string of the molecule is CC[C@H]1OC(n2cnc3c(N)ncnc32)[C@](C)(N=[N+]=[N-])[C@@H]1C. The number of imidazole rings is 1. The Labute approximate surface area is 127 Å². The molecule has 3 rings (SSSR count). The molecule has 1 unspecified atom stereocenters. The van der Waals surface area contributed by atoms with Crippen molar-refractivity contribution in [1.29, 1.82) is 0 Å². The molecular formula is C13H18N8O. The van der Waals surface area contributed by atoms with Gasteiger partial charge >= 0.3 is 0 Å². The van der Waals surface area contributed by atoms with Crippen LogP contribution in [0.3, 0.4) is 0 Å². The summed E-state index contributed by atoms with van der Waals surface area (Å²) in [5, 5.41) is 4.03. The highest BCUT2D eigenvalue weighted by atomic mass is 16.5. The van der Waals surface area contributed by atoms with E-state index in [9.17, 15) is 0 Å². The third kappa shape index (κ3) is 1.90. The van der Waals surface area contributed by atoms with Crippen LogP contribution in [0, 0.1) is 5.92 Å². The van der Waals surface area contributed by atoms with Crippen LogP contribution in [0.25, 0.3) is 21.6 Å². The van der Waals surface area contributed by atoms with Crippen molar-refractivity contribution in [3.8, 4) is 0 Å². The van der Waals surface area contributed by atoms with E-state index in [1.54, 1.807) is 10.9 Å². The molecule has 9 heteroatoms. The van der Waals surface area contributed by atoms with E-state index in [1.807, 2.05) is 20.8 Å². The van der Waals surface area contributed by atoms with Crippen molar-refractivity contribution in [2.24, 2.45) is 11.0 Å². The summed E-state index contributed by atoms with van der Waals surface area (Å²) in [7, 11) is 0. The first-order chi connectivity index (χ1) is 10.5. The number of rotatable bonds is 3. The van der Waals surface area contributed by atoms with Gasteiger partial charge in [0.05, 0.1) is 18.0 Å². The van der Waals surface area contributed by atoms with Crippen molar-refractivity contribution in [3.63, 3.8) is 0 Å². The van der Waals surface area contributed by atoms with Gasteiger partial charge in [0.15, 0.2) is 11.5 Å². The van der Waals surface area contributed by atoms with Crippen LogP contribution >= 0.6 is 0 Å². The molecule has 0 aromatic carbocycles. The molecule has 0 amide bonds. The van der Waals surface area contributed by atoms with Gasteiger partial charge in [-0.1, -0.05) is 19.0 Å². The Kier molecular flexibility index (Phi) is 3.38. The van der Waals surface area contributed by atoms with Crippen LogP contribution in [-0.2, 0) is 4.74 Å². The molecule has 0 saturated carbocycles. The highest BCUT2D eigenvalue weighted by Gasteiger charge is 2.51. The van der Waals surface area contributed by atoms with Gasteiger partial charge in [-0.25, -0.2) is 15.0 Å². The molecule has 1 aliphatic rings. The van der Waals surface area contributed by atoms with Crippen molar-refractivity contribution in [3.05, 3.63) is 23.1 Å². The maximum absolute atomic E-state index is 8.97. The number of nitrogen functional groups attached to an aromatic ring is 1. The summed E-state index contributed by atoms with van der Waals surface area (Å²) >= 11 is 0. The molecule has 1 saturated heterocycles. The maximum Gasteiger partial charge on any atom is 0.167 e. The summed E-state index contributed by atoms with van der Waals surface area (Å²) in [6.45, 7) is 5.98. The third-order valence-corrected chi connectivity index (χ3v) is 4.59. The molecular weight excluding hydrogens is 284 g/mol. The maximum atomic E-state index is 8.97. The predicted molar refractivity (Wildman–Crippen MR) is 80.7 cm³/mol. The number of nitrogens with zero attached hydrogens (tertiary/aromatic N) is 7. The van der Waals surface area contributed by atoms with E-state index in [0.29, 0.717) is 17.0 Å². The fraction of sp³-hybridized carbons (Fsp3) is 0.615. The highest BCUT2D eigenvalue weighted by Crippen LogP contribution is 2.47. The summed E-state index contributed by atoms with van der Waals surface area (Å²) in [5.74, 6) is 0.377. The molecule has 2 aromatic heterocycles. The second kappa shape index (κ2) is 5.11. The lowest BCUT2D eigenvalue weighted by molar-refractivity contribution is -0.0164. The van der Waals surface area contributed by atoms with Gasteiger partial charge in [0.1, 0.15) is 18.1 Å². The Morgan fingerprint density at radius 1 is 1.50 bits per heavy atom.